The summed E-state index contributed by atoms with van der Waals surface area (Å²) < 4.78 is 0. The fourth-order valence-corrected chi connectivity index (χ4v) is 2.69. The molecule has 20 heavy (non-hydrogen) atoms. The maximum atomic E-state index is 11.9. The molecule has 1 saturated heterocycles. The lowest BCUT2D eigenvalue weighted by atomic mass is 9.94. The topological polar surface area (TPSA) is 61.6 Å². The highest BCUT2D eigenvalue weighted by molar-refractivity contribution is 5.76. The fraction of sp³-hybridized carbons (Fsp3) is 0.933. The Labute approximate surface area is 123 Å². The van der Waals surface area contributed by atoms with Crippen molar-refractivity contribution in [1.29, 1.82) is 0 Å². The van der Waals surface area contributed by atoms with Crippen LogP contribution in [0.3, 0.4) is 0 Å². The van der Waals surface area contributed by atoms with Crippen molar-refractivity contribution >= 4 is 5.91 Å². The van der Waals surface area contributed by atoms with E-state index in [0.717, 1.165) is 45.7 Å². The van der Waals surface area contributed by atoms with Crippen LogP contribution in [0.1, 0.15) is 26.7 Å². The van der Waals surface area contributed by atoms with Gasteiger partial charge < -0.3 is 16.0 Å². The Hall–Kier alpha value is -0.650. The van der Waals surface area contributed by atoms with Crippen LogP contribution in [-0.4, -0.2) is 68.6 Å². The summed E-state index contributed by atoms with van der Waals surface area (Å²) in [6.45, 7) is 11.1. The predicted molar refractivity (Wildman–Crippen MR) is 83.6 cm³/mol. The number of amides is 1. The van der Waals surface area contributed by atoms with Gasteiger partial charge in [-0.3, -0.25) is 9.69 Å². The number of nitrogens with one attached hydrogen (secondary N) is 1. The van der Waals surface area contributed by atoms with Crippen molar-refractivity contribution in [2.24, 2.45) is 17.6 Å². The van der Waals surface area contributed by atoms with Gasteiger partial charge >= 0.3 is 0 Å². The van der Waals surface area contributed by atoms with E-state index in [-0.39, 0.29) is 5.91 Å². The highest BCUT2D eigenvalue weighted by Gasteiger charge is 2.15. The van der Waals surface area contributed by atoms with Gasteiger partial charge in [-0.1, -0.05) is 13.8 Å². The van der Waals surface area contributed by atoms with E-state index in [0.29, 0.717) is 24.8 Å². The molecular weight excluding hydrogens is 252 g/mol. The number of carbonyl (C=O) groups is 1. The quantitative estimate of drug-likeness (QED) is 0.676. The van der Waals surface area contributed by atoms with Crippen molar-refractivity contribution < 1.29 is 4.79 Å². The minimum atomic E-state index is 0.148. The molecule has 1 heterocycles. The van der Waals surface area contributed by atoms with E-state index < -0.39 is 0 Å². The highest BCUT2D eigenvalue weighted by Crippen LogP contribution is 2.13. The Bertz CT molecular complexity index is 275. The number of nitrogens with two attached hydrogens (primary N) is 1. The molecule has 1 aliphatic heterocycles. The Balaban J connectivity index is 2.13. The second kappa shape index (κ2) is 9.32. The number of likely N-dealkylation sites (N-methyl/N-ethyl adjacent to an activating group) is 1. The molecule has 0 aromatic carbocycles. The summed E-state index contributed by atoms with van der Waals surface area (Å²) in [6, 6.07) is 0. The van der Waals surface area contributed by atoms with Crippen molar-refractivity contribution in [3.8, 4) is 0 Å². The van der Waals surface area contributed by atoms with E-state index in [2.05, 4.69) is 36.0 Å². The number of hydrogen-bond acceptors (Lipinski definition) is 4. The lowest BCUT2D eigenvalue weighted by Crippen LogP contribution is -2.47. The molecule has 1 aliphatic rings. The molecule has 0 aromatic heterocycles. The fourth-order valence-electron chi connectivity index (χ4n) is 2.69. The average molecular weight is 284 g/mol. The Morgan fingerprint density at radius 3 is 2.45 bits per heavy atom. The van der Waals surface area contributed by atoms with Crippen LogP contribution in [0, 0.1) is 11.8 Å². The zero-order valence-electron chi connectivity index (χ0n) is 13.4. The summed E-state index contributed by atoms with van der Waals surface area (Å²) >= 11 is 0. The summed E-state index contributed by atoms with van der Waals surface area (Å²) in [6.07, 6.45) is 1.60. The molecule has 0 saturated carbocycles. The molecular formula is C15H32N4O. The number of rotatable bonds is 8. The summed E-state index contributed by atoms with van der Waals surface area (Å²) in [5.41, 5.74) is 5.74. The van der Waals surface area contributed by atoms with E-state index in [4.69, 9.17) is 5.73 Å². The Kier molecular flexibility index (Phi) is 8.11. The average Bonchev–Trinajstić information content (AvgIpc) is 2.39. The van der Waals surface area contributed by atoms with Crippen molar-refractivity contribution in [3.63, 3.8) is 0 Å². The zero-order chi connectivity index (χ0) is 15.0. The first-order chi connectivity index (χ1) is 9.51. The molecule has 0 unspecified atom stereocenters. The zero-order valence-corrected chi connectivity index (χ0v) is 13.4. The minimum absolute atomic E-state index is 0.148. The molecule has 0 bridgehead atoms. The first-order valence-electron chi connectivity index (χ1n) is 7.89. The molecule has 1 atom stereocenters. The number of hydrogen-bond donors (Lipinski definition) is 2. The summed E-state index contributed by atoms with van der Waals surface area (Å²) in [5, 5.41) is 3.03. The summed E-state index contributed by atoms with van der Waals surface area (Å²) in [7, 11) is 2.15. The maximum Gasteiger partial charge on any atom is 0.220 e. The molecule has 1 rings (SSSR count). The monoisotopic (exact) mass is 284 g/mol. The lowest BCUT2D eigenvalue weighted by Gasteiger charge is -2.32. The third kappa shape index (κ3) is 7.22. The van der Waals surface area contributed by atoms with E-state index in [1.807, 2.05) is 0 Å². The molecule has 0 radical (unpaired) electrons. The second-order valence-corrected chi connectivity index (χ2v) is 6.43. The molecule has 1 fully saturated rings. The van der Waals surface area contributed by atoms with Crippen LogP contribution >= 0.6 is 0 Å². The molecule has 5 heteroatoms. The Morgan fingerprint density at radius 2 is 1.90 bits per heavy atom. The van der Waals surface area contributed by atoms with Crippen LogP contribution in [0.25, 0.3) is 0 Å². The minimum Gasteiger partial charge on any atom is -0.355 e. The van der Waals surface area contributed by atoms with Gasteiger partial charge in [-0.05, 0) is 31.8 Å². The van der Waals surface area contributed by atoms with Gasteiger partial charge in [0.2, 0.25) is 5.91 Å². The van der Waals surface area contributed by atoms with E-state index in [1.165, 1.54) is 0 Å². The standard InChI is InChI=1S/C15H32N4O/c1-13(2)10-14(12-16)11-15(20)17-4-5-19-8-6-18(3)7-9-19/h13-14H,4-12,16H2,1-3H3,(H,17,20)/t14-/m0/s1. The van der Waals surface area contributed by atoms with Crippen molar-refractivity contribution in [2.75, 3.05) is 52.9 Å². The van der Waals surface area contributed by atoms with Crippen LogP contribution in [-0.2, 0) is 4.79 Å². The van der Waals surface area contributed by atoms with E-state index >= 15 is 0 Å². The second-order valence-electron chi connectivity index (χ2n) is 6.43. The van der Waals surface area contributed by atoms with Crippen LogP contribution in [0.5, 0.6) is 0 Å². The van der Waals surface area contributed by atoms with Gasteiger partial charge in [0, 0.05) is 45.7 Å². The van der Waals surface area contributed by atoms with Gasteiger partial charge in [0.15, 0.2) is 0 Å². The van der Waals surface area contributed by atoms with Gasteiger partial charge in [-0.15, -0.1) is 0 Å². The van der Waals surface area contributed by atoms with Crippen molar-refractivity contribution in [1.82, 2.24) is 15.1 Å². The first-order valence-corrected chi connectivity index (χ1v) is 7.89. The number of nitrogens with zero attached hydrogens (tertiary/aromatic N) is 2. The predicted octanol–water partition coefficient (Wildman–Crippen LogP) is 0.361. The molecule has 0 aromatic rings. The Morgan fingerprint density at radius 1 is 1.25 bits per heavy atom. The van der Waals surface area contributed by atoms with Gasteiger partial charge in [-0.2, -0.15) is 0 Å². The molecule has 1 amide bonds. The van der Waals surface area contributed by atoms with Crippen LogP contribution in [0.15, 0.2) is 0 Å². The van der Waals surface area contributed by atoms with Crippen molar-refractivity contribution in [3.05, 3.63) is 0 Å². The van der Waals surface area contributed by atoms with Crippen LogP contribution in [0.2, 0.25) is 0 Å². The van der Waals surface area contributed by atoms with Crippen LogP contribution < -0.4 is 11.1 Å². The third-order valence-electron chi connectivity index (χ3n) is 3.96. The lowest BCUT2D eigenvalue weighted by molar-refractivity contribution is -0.122. The molecule has 0 aliphatic carbocycles. The summed E-state index contributed by atoms with van der Waals surface area (Å²) in [5.74, 6) is 1.07. The molecule has 118 valence electrons. The molecule has 3 N–H and O–H groups in total. The van der Waals surface area contributed by atoms with Gasteiger partial charge in [0.05, 0.1) is 0 Å². The normalized spacial score (nSPS) is 19.2. The van der Waals surface area contributed by atoms with Crippen molar-refractivity contribution in [2.45, 2.75) is 26.7 Å². The SMILES string of the molecule is CC(C)C[C@H](CN)CC(=O)NCCN1CCN(C)CC1. The van der Waals surface area contributed by atoms with Gasteiger partial charge in [-0.25, -0.2) is 0 Å². The third-order valence-corrected chi connectivity index (χ3v) is 3.96. The smallest absolute Gasteiger partial charge is 0.220 e. The van der Waals surface area contributed by atoms with Gasteiger partial charge in [0.25, 0.3) is 0 Å². The maximum absolute atomic E-state index is 11.9. The summed E-state index contributed by atoms with van der Waals surface area (Å²) in [4.78, 5) is 16.6. The highest BCUT2D eigenvalue weighted by atomic mass is 16.1. The van der Waals surface area contributed by atoms with E-state index in [1.54, 1.807) is 0 Å². The van der Waals surface area contributed by atoms with Crippen LogP contribution in [0.4, 0.5) is 0 Å². The molecule has 5 nitrogen and oxygen atoms in total. The first kappa shape index (κ1) is 17.4. The van der Waals surface area contributed by atoms with E-state index in [9.17, 15) is 4.79 Å². The number of piperazine rings is 1. The largest absolute Gasteiger partial charge is 0.355 e. The van der Waals surface area contributed by atoms with Gasteiger partial charge in [0.1, 0.15) is 0 Å². The number of carbonyl (C=O) groups excluding carboxylic acids is 1. The molecule has 0 spiro atoms.